The van der Waals surface area contributed by atoms with E-state index in [1.54, 1.807) is 37.8 Å². The van der Waals surface area contributed by atoms with Crippen LogP contribution in [0.1, 0.15) is 12.5 Å². The van der Waals surface area contributed by atoms with Crippen LogP contribution in [-0.2, 0) is 23.5 Å². The van der Waals surface area contributed by atoms with Gasteiger partial charge in [-0.05, 0) is 24.6 Å². The third kappa shape index (κ3) is 4.78. The summed E-state index contributed by atoms with van der Waals surface area (Å²) in [5.41, 5.74) is -0.344. The number of aryl methyl sites for hydroxylation is 1. The molecule has 7 nitrogen and oxygen atoms in total. The Kier molecular flexibility index (Phi) is 5.08. The van der Waals surface area contributed by atoms with Crippen molar-refractivity contribution in [1.82, 2.24) is 14.3 Å². The van der Waals surface area contributed by atoms with Crippen LogP contribution in [0, 0.1) is 0 Å². The number of nitrogens with zero attached hydrogens (tertiary/aromatic N) is 2. The molecule has 1 atom stereocenters. The van der Waals surface area contributed by atoms with E-state index in [2.05, 4.69) is 9.71 Å². The summed E-state index contributed by atoms with van der Waals surface area (Å²) in [4.78, 5) is 3.81. The van der Waals surface area contributed by atoms with E-state index >= 15 is 0 Å². The van der Waals surface area contributed by atoms with E-state index in [4.69, 9.17) is 4.74 Å². The highest BCUT2D eigenvalue weighted by molar-refractivity contribution is 7.89. The highest BCUT2D eigenvalue weighted by Crippen LogP contribution is 2.17. The average molecular weight is 339 g/mol. The van der Waals surface area contributed by atoms with E-state index in [0.717, 1.165) is 11.3 Å². The fraction of sp³-hybridized carbons (Fsp3) is 0.400. The van der Waals surface area contributed by atoms with Crippen molar-refractivity contribution in [2.75, 3.05) is 13.7 Å². The molecule has 1 unspecified atom stereocenters. The third-order valence-electron chi connectivity index (χ3n) is 3.34. The molecule has 1 heterocycles. The van der Waals surface area contributed by atoms with Gasteiger partial charge < -0.3 is 14.4 Å². The lowest BCUT2D eigenvalue weighted by Crippen LogP contribution is -2.42. The van der Waals surface area contributed by atoms with E-state index < -0.39 is 15.6 Å². The lowest BCUT2D eigenvalue weighted by Gasteiger charge is -2.23. The summed E-state index contributed by atoms with van der Waals surface area (Å²) in [6.07, 6.45) is 3.12. The van der Waals surface area contributed by atoms with Gasteiger partial charge in [0.15, 0.2) is 5.03 Å². The molecule has 1 aromatic carbocycles. The lowest BCUT2D eigenvalue weighted by molar-refractivity contribution is 0.0657. The minimum Gasteiger partial charge on any atom is -0.497 e. The van der Waals surface area contributed by atoms with Crippen molar-refractivity contribution in [2.24, 2.45) is 7.05 Å². The van der Waals surface area contributed by atoms with Crippen LogP contribution in [-0.4, -0.2) is 42.3 Å². The number of imidazole rings is 1. The maximum atomic E-state index is 12.1. The molecule has 0 aliphatic heterocycles. The second kappa shape index (κ2) is 6.69. The largest absolute Gasteiger partial charge is 0.497 e. The van der Waals surface area contributed by atoms with Gasteiger partial charge in [0.25, 0.3) is 10.0 Å². The Hall–Kier alpha value is -1.90. The molecule has 2 aromatic rings. The van der Waals surface area contributed by atoms with Crippen molar-refractivity contribution < 1.29 is 18.3 Å². The molecule has 0 amide bonds. The zero-order valence-electron chi connectivity index (χ0n) is 13.4. The van der Waals surface area contributed by atoms with Crippen molar-refractivity contribution in [3.05, 3.63) is 42.4 Å². The van der Waals surface area contributed by atoms with Gasteiger partial charge >= 0.3 is 0 Å². The lowest BCUT2D eigenvalue weighted by atomic mass is 9.97. The number of methoxy groups -OCH3 is 1. The Morgan fingerprint density at radius 2 is 2.00 bits per heavy atom. The molecule has 0 saturated carbocycles. The molecule has 0 aliphatic carbocycles. The van der Waals surface area contributed by atoms with E-state index in [0.29, 0.717) is 6.42 Å². The van der Waals surface area contributed by atoms with Crippen LogP contribution >= 0.6 is 0 Å². The van der Waals surface area contributed by atoms with Crippen LogP contribution in [0.15, 0.2) is 41.8 Å². The molecule has 1 aromatic heterocycles. The molecule has 2 N–H and O–H groups in total. The Balaban J connectivity index is 2.00. The predicted octanol–water partition coefficient (Wildman–Crippen LogP) is 0.701. The van der Waals surface area contributed by atoms with Crippen molar-refractivity contribution in [2.45, 2.75) is 24.0 Å². The summed E-state index contributed by atoms with van der Waals surface area (Å²) in [6.45, 7) is 1.47. The summed E-state index contributed by atoms with van der Waals surface area (Å²) < 4.78 is 33.2. The smallest absolute Gasteiger partial charge is 0.259 e. The van der Waals surface area contributed by atoms with E-state index in [9.17, 15) is 13.5 Å². The number of rotatable bonds is 7. The van der Waals surface area contributed by atoms with Crippen molar-refractivity contribution in [3.63, 3.8) is 0 Å². The van der Waals surface area contributed by atoms with Gasteiger partial charge in [0.1, 0.15) is 5.75 Å². The topological polar surface area (TPSA) is 93.5 Å². The summed E-state index contributed by atoms with van der Waals surface area (Å²) in [5, 5.41) is 10.4. The van der Waals surface area contributed by atoms with Gasteiger partial charge in [-0.3, -0.25) is 0 Å². The van der Waals surface area contributed by atoms with E-state index in [1.807, 2.05) is 12.1 Å². The Labute approximate surface area is 136 Å². The molecule has 0 radical (unpaired) electrons. The molecule has 0 saturated heterocycles. The van der Waals surface area contributed by atoms with Crippen LogP contribution in [0.5, 0.6) is 5.75 Å². The minimum absolute atomic E-state index is 0.0692. The first kappa shape index (κ1) is 17.5. The first-order valence-electron chi connectivity index (χ1n) is 7.05. The van der Waals surface area contributed by atoms with Gasteiger partial charge in [-0.1, -0.05) is 12.1 Å². The monoisotopic (exact) mass is 339 g/mol. The molecule has 2 rings (SSSR count). The Morgan fingerprint density at radius 3 is 2.52 bits per heavy atom. The molecule has 0 bridgehead atoms. The number of hydrogen-bond acceptors (Lipinski definition) is 5. The molecule has 23 heavy (non-hydrogen) atoms. The molecule has 0 spiro atoms. The first-order chi connectivity index (χ1) is 10.7. The van der Waals surface area contributed by atoms with Crippen molar-refractivity contribution >= 4 is 10.0 Å². The van der Waals surface area contributed by atoms with E-state index in [-0.39, 0.29) is 11.6 Å². The average Bonchev–Trinajstić information content (AvgIpc) is 2.93. The number of aromatic nitrogens is 2. The molecular weight excluding hydrogens is 318 g/mol. The normalized spacial score (nSPS) is 14.4. The van der Waals surface area contributed by atoms with Crippen LogP contribution in [0.4, 0.5) is 0 Å². The van der Waals surface area contributed by atoms with E-state index in [1.165, 1.54) is 12.5 Å². The third-order valence-corrected chi connectivity index (χ3v) is 4.63. The number of nitrogens with one attached hydrogen (secondary N) is 1. The quantitative estimate of drug-likeness (QED) is 0.774. The molecule has 126 valence electrons. The van der Waals surface area contributed by atoms with Crippen molar-refractivity contribution in [3.8, 4) is 5.75 Å². The maximum absolute atomic E-state index is 12.1. The number of hydrogen-bond donors (Lipinski definition) is 2. The van der Waals surface area contributed by atoms with Crippen LogP contribution in [0.2, 0.25) is 0 Å². The summed E-state index contributed by atoms with van der Waals surface area (Å²) in [6, 6.07) is 7.26. The minimum atomic E-state index is -3.74. The molecule has 0 fully saturated rings. The zero-order valence-corrected chi connectivity index (χ0v) is 14.2. The molecular formula is C15H21N3O4S. The zero-order chi connectivity index (χ0) is 17.1. The van der Waals surface area contributed by atoms with Gasteiger partial charge in [0.05, 0.1) is 19.0 Å². The molecule has 0 aliphatic rings. The first-order valence-corrected chi connectivity index (χ1v) is 8.53. The van der Waals surface area contributed by atoms with Gasteiger partial charge in [0.2, 0.25) is 0 Å². The van der Waals surface area contributed by atoms with Crippen LogP contribution in [0.3, 0.4) is 0 Å². The standard InChI is InChI=1S/C15H21N3O4S/c1-15(19,8-12-4-6-13(22-3)7-5-12)10-17-23(20,21)14-9-18(2)11-16-14/h4-7,9,11,17,19H,8,10H2,1-3H3. The second-order valence-corrected chi connectivity index (χ2v) is 7.44. The SMILES string of the molecule is COc1ccc(CC(C)(O)CNS(=O)(=O)c2cn(C)cn2)cc1. The number of benzene rings is 1. The second-order valence-electron chi connectivity index (χ2n) is 5.72. The highest BCUT2D eigenvalue weighted by atomic mass is 32.2. The van der Waals surface area contributed by atoms with Crippen LogP contribution < -0.4 is 9.46 Å². The fourth-order valence-electron chi connectivity index (χ4n) is 2.10. The van der Waals surface area contributed by atoms with Gasteiger partial charge in [-0.15, -0.1) is 0 Å². The summed E-state index contributed by atoms with van der Waals surface area (Å²) in [7, 11) is -0.470. The predicted molar refractivity (Wildman–Crippen MR) is 85.7 cm³/mol. The maximum Gasteiger partial charge on any atom is 0.259 e. The summed E-state index contributed by atoms with van der Waals surface area (Å²) in [5.74, 6) is 0.726. The van der Waals surface area contributed by atoms with Crippen LogP contribution in [0.25, 0.3) is 0 Å². The number of ether oxygens (including phenoxy) is 1. The number of sulfonamides is 1. The number of aliphatic hydroxyl groups is 1. The Bertz CT molecular complexity index is 751. The summed E-state index contributed by atoms with van der Waals surface area (Å²) >= 11 is 0. The van der Waals surface area contributed by atoms with Gasteiger partial charge in [-0.25, -0.2) is 18.1 Å². The van der Waals surface area contributed by atoms with Crippen molar-refractivity contribution in [1.29, 1.82) is 0 Å². The molecule has 8 heteroatoms. The van der Waals surface area contributed by atoms with Gasteiger partial charge in [-0.2, -0.15) is 0 Å². The fourth-order valence-corrected chi connectivity index (χ4v) is 3.24. The highest BCUT2D eigenvalue weighted by Gasteiger charge is 2.25. The Morgan fingerprint density at radius 1 is 1.35 bits per heavy atom. The van der Waals surface area contributed by atoms with Gasteiger partial charge in [0, 0.05) is 26.2 Å².